The molecule has 0 spiro atoms. The molecular formula is C11H14N2O4. The smallest absolute Gasteiger partial charge is 0.283 e. The van der Waals surface area contributed by atoms with Crippen LogP contribution in [0.15, 0.2) is 30.3 Å². The van der Waals surface area contributed by atoms with E-state index < -0.39 is 11.0 Å². The lowest BCUT2D eigenvalue weighted by Crippen LogP contribution is -2.35. The third kappa shape index (κ3) is 4.10. The van der Waals surface area contributed by atoms with Crippen molar-refractivity contribution in [3.63, 3.8) is 0 Å². The van der Waals surface area contributed by atoms with Gasteiger partial charge in [0.25, 0.3) is 0 Å². The van der Waals surface area contributed by atoms with E-state index in [0.717, 1.165) is 0 Å². The zero-order chi connectivity index (χ0) is 12.8. The summed E-state index contributed by atoms with van der Waals surface area (Å²) in [5.74, 6) is -0.716. The van der Waals surface area contributed by atoms with Crippen molar-refractivity contribution in [2.75, 3.05) is 6.54 Å². The van der Waals surface area contributed by atoms with E-state index in [1.54, 1.807) is 32.0 Å². The van der Waals surface area contributed by atoms with E-state index in [4.69, 9.17) is 4.84 Å². The number of rotatable bonds is 5. The molecule has 0 aliphatic heterocycles. The van der Waals surface area contributed by atoms with Gasteiger partial charge in [0, 0.05) is 0 Å². The maximum absolute atomic E-state index is 11.6. The molecule has 0 unspecified atom stereocenters. The zero-order valence-corrected chi connectivity index (χ0v) is 9.70. The van der Waals surface area contributed by atoms with Gasteiger partial charge in [-0.1, -0.05) is 32.0 Å². The minimum atomic E-state index is -0.735. The normalized spacial score (nSPS) is 10.1. The van der Waals surface area contributed by atoms with Crippen LogP contribution < -0.4 is 0 Å². The summed E-state index contributed by atoms with van der Waals surface area (Å²) >= 11 is 0. The summed E-state index contributed by atoms with van der Waals surface area (Å²) in [4.78, 5) is 26.9. The van der Waals surface area contributed by atoms with Crippen LogP contribution in [0.2, 0.25) is 0 Å². The Morgan fingerprint density at radius 2 is 2.00 bits per heavy atom. The van der Waals surface area contributed by atoms with E-state index in [2.05, 4.69) is 0 Å². The number of nitrogens with zero attached hydrogens (tertiary/aromatic N) is 2. The minimum absolute atomic E-state index is 0.0176. The number of hydrogen-bond acceptors (Lipinski definition) is 4. The SMILES string of the molecule is CC(C)CN(OC(=O)c1ccccc1)[N+](=O)[O-]. The summed E-state index contributed by atoms with van der Waals surface area (Å²) in [6.07, 6.45) is 0. The second-order valence-corrected chi connectivity index (χ2v) is 3.91. The van der Waals surface area contributed by atoms with E-state index in [0.29, 0.717) is 5.17 Å². The second-order valence-electron chi connectivity index (χ2n) is 3.91. The topological polar surface area (TPSA) is 72.7 Å². The van der Waals surface area contributed by atoms with Crippen molar-refractivity contribution in [2.24, 2.45) is 5.92 Å². The predicted octanol–water partition coefficient (Wildman–Crippen LogP) is 1.91. The van der Waals surface area contributed by atoms with Crippen molar-refractivity contribution in [3.05, 3.63) is 46.0 Å². The van der Waals surface area contributed by atoms with E-state index in [1.807, 2.05) is 0 Å². The molecule has 1 rings (SSSR count). The lowest BCUT2D eigenvalue weighted by molar-refractivity contribution is -0.724. The molecule has 0 saturated carbocycles. The Bertz CT molecular complexity index is 392. The van der Waals surface area contributed by atoms with Crippen LogP contribution in [-0.4, -0.2) is 22.7 Å². The number of carbonyl (C=O) groups is 1. The fourth-order valence-corrected chi connectivity index (χ4v) is 1.17. The summed E-state index contributed by atoms with van der Waals surface area (Å²) in [7, 11) is 0. The Morgan fingerprint density at radius 1 is 1.41 bits per heavy atom. The van der Waals surface area contributed by atoms with Crippen molar-refractivity contribution in [2.45, 2.75) is 13.8 Å². The quantitative estimate of drug-likeness (QED) is 0.578. The summed E-state index contributed by atoms with van der Waals surface area (Å²) in [6.45, 7) is 3.64. The van der Waals surface area contributed by atoms with Gasteiger partial charge in [-0.25, -0.2) is 14.9 Å². The van der Waals surface area contributed by atoms with Gasteiger partial charge < -0.3 is 0 Å². The number of hydrogen-bond donors (Lipinski definition) is 0. The van der Waals surface area contributed by atoms with Crippen LogP contribution in [0.3, 0.4) is 0 Å². The van der Waals surface area contributed by atoms with Crippen LogP contribution in [0.1, 0.15) is 24.2 Å². The monoisotopic (exact) mass is 238 g/mol. The van der Waals surface area contributed by atoms with E-state index in [-0.39, 0.29) is 18.0 Å². The first-order chi connectivity index (χ1) is 8.00. The van der Waals surface area contributed by atoms with Crippen molar-refractivity contribution in [1.82, 2.24) is 5.17 Å². The van der Waals surface area contributed by atoms with Gasteiger partial charge in [-0.3, -0.25) is 4.84 Å². The van der Waals surface area contributed by atoms with Crippen LogP contribution in [0.5, 0.6) is 0 Å². The number of hydrazine groups is 1. The Hall–Kier alpha value is -2.11. The van der Waals surface area contributed by atoms with Crippen molar-refractivity contribution >= 4 is 5.97 Å². The highest BCUT2D eigenvalue weighted by atomic mass is 16.8. The van der Waals surface area contributed by atoms with Gasteiger partial charge in [-0.2, -0.15) is 0 Å². The first-order valence-electron chi connectivity index (χ1n) is 5.20. The van der Waals surface area contributed by atoms with Crippen LogP contribution in [0.25, 0.3) is 0 Å². The standard InChI is InChI=1S/C11H14N2O4/c1-9(2)8-12(13(15)16)17-11(14)10-6-4-3-5-7-10/h3-7,9H,8H2,1-2H3. The maximum atomic E-state index is 11.6. The minimum Gasteiger partial charge on any atom is -0.283 e. The first kappa shape index (κ1) is 13.0. The fourth-order valence-electron chi connectivity index (χ4n) is 1.17. The highest BCUT2D eigenvalue weighted by Gasteiger charge is 2.22. The molecule has 92 valence electrons. The van der Waals surface area contributed by atoms with Gasteiger partial charge >= 0.3 is 5.97 Å². The molecule has 1 aromatic carbocycles. The Balaban J connectivity index is 2.68. The van der Waals surface area contributed by atoms with Gasteiger partial charge in [-0.05, 0) is 18.1 Å². The summed E-state index contributed by atoms with van der Waals surface area (Å²) < 4.78 is 0. The van der Waals surface area contributed by atoms with E-state index >= 15 is 0 Å². The van der Waals surface area contributed by atoms with Crippen LogP contribution >= 0.6 is 0 Å². The summed E-state index contributed by atoms with van der Waals surface area (Å²) in [6, 6.07) is 8.15. The molecule has 0 atom stereocenters. The zero-order valence-electron chi connectivity index (χ0n) is 9.70. The number of carbonyl (C=O) groups excluding carboxylic acids is 1. The van der Waals surface area contributed by atoms with Gasteiger partial charge in [0.1, 0.15) is 6.54 Å². The molecule has 6 heteroatoms. The highest BCUT2D eigenvalue weighted by molar-refractivity contribution is 5.88. The average Bonchev–Trinajstić information content (AvgIpc) is 2.28. The molecular weight excluding hydrogens is 224 g/mol. The van der Waals surface area contributed by atoms with Gasteiger partial charge in [0.05, 0.1) is 10.7 Å². The molecule has 17 heavy (non-hydrogen) atoms. The Labute approximate surface area is 98.9 Å². The number of benzene rings is 1. The van der Waals surface area contributed by atoms with Crippen LogP contribution in [-0.2, 0) is 4.84 Å². The molecule has 1 aromatic rings. The molecule has 0 saturated heterocycles. The molecule has 0 aliphatic carbocycles. The predicted molar refractivity (Wildman–Crippen MR) is 60.4 cm³/mol. The largest absolute Gasteiger partial charge is 0.369 e. The molecule has 0 N–H and O–H groups in total. The fraction of sp³-hybridized carbons (Fsp3) is 0.364. The molecule has 0 bridgehead atoms. The molecule has 0 fully saturated rings. The molecule has 0 heterocycles. The third-order valence-electron chi connectivity index (χ3n) is 1.90. The molecule has 0 aliphatic rings. The van der Waals surface area contributed by atoms with Gasteiger partial charge in [0.2, 0.25) is 0 Å². The molecule has 0 amide bonds. The van der Waals surface area contributed by atoms with Crippen molar-refractivity contribution in [3.8, 4) is 0 Å². The molecule has 6 nitrogen and oxygen atoms in total. The van der Waals surface area contributed by atoms with Crippen molar-refractivity contribution in [1.29, 1.82) is 0 Å². The average molecular weight is 238 g/mol. The lowest BCUT2D eigenvalue weighted by atomic mass is 10.2. The number of nitro groups is 1. The summed E-state index contributed by atoms with van der Waals surface area (Å²) in [5.41, 5.74) is 0.281. The Kier molecular flexibility index (Phi) is 4.45. The molecule has 0 aromatic heterocycles. The van der Waals surface area contributed by atoms with E-state index in [9.17, 15) is 14.9 Å². The Morgan fingerprint density at radius 3 is 2.47 bits per heavy atom. The van der Waals surface area contributed by atoms with E-state index in [1.165, 1.54) is 12.1 Å². The summed E-state index contributed by atoms with van der Waals surface area (Å²) in [5, 5.41) is 10.4. The highest BCUT2D eigenvalue weighted by Crippen LogP contribution is 2.06. The van der Waals surface area contributed by atoms with Crippen molar-refractivity contribution < 1.29 is 14.7 Å². The maximum Gasteiger partial charge on any atom is 0.369 e. The molecule has 0 radical (unpaired) electrons. The van der Waals surface area contributed by atoms with Gasteiger partial charge in [-0.15, -0.1) is 0 Å². The van der Waals surface area contributed by atoms with Crippen LogP contribution in [0, 0.1) is 16.0 Å². The van der Waals surface area contributed by atoms with Crippen LogP contribution in [0.4, 0.5) is 0 Å². The number of hydroxylamine groups is 1. The van der Waals surface area contributed by atoms with Gasteiger partial charge in [0.15, 0.2) is 5.03 Å². The lowest BCUT2D eigenvalue weighted by Gasteiger charge is -2.14. The first-order valence-corrected chi connectivity index (χ1v) is 5.20. The third-order valence-corrected chi connectivity index (χ3v) is 1.90. The second kappa shape index (κ2) is 5.83.